The average Bonchev–Trinajstić information content (AvgIpc) is 3.17. The number of amides is 1. The third-order valence-electron chi connectivity index (χ3n) is 5.39. The number of ketones is 1. The number of aromatic nitrogens is 1. The molecule has 0 saturated heterocycles. The molecule has 2 aromatic carbocycles. The number of nitrogens with zero attached hydrogens (tertiary/aromatic N) is 1. The van der Waals surface area contributed by atoms with Gasteiger partial charge in [0.1, 0.15) is 6.04 Å². The van der Waals surface area contributed by atoms with Gasteiger partial charge in [0.15, 0.2) is 0 Å². The number of carbonyl (C=O) groups is 3. The minimum atomic E-state index is -1.07. The number of aryl methyl sites for hydroxylation is 1. The lowest BCUT2D eigenvalue weighted by molar-refractivity contribution is -0.140. The third-order valence-corrected chi connectivity index (χ3v) is 5.60. The number of benzene rings is 2. The fraction of sp³-hybridized carbons (Fsp3) is 0.222. The monoisotopic (exact) mass is 478 g/mol. The summed E-state index contributed by atoms with van der Waals surface area (Å²) < 4.78 is 1.78. The van der Waals surface area contributed by atoms with E-state index in [1.807, 2.05) is 37.3 Å². The van der Waals surface area contributed by atoms with E-state index in [0.717, 1.165) is 11.1 Å². The summed E-state index contributed by atoms with van der Waals surface area (Å²) >= 11 is 6.18. The van der Waals surface area contributed by atoms with E-state index in [2.05, 4.69) is 5.32 Å². The first-order valence-corrected chi connectivity index (χ1v) is 11.3. The second kappa shape index (κ2) is 11.0. The van der Waals surface area contributed by atoms with Crippen molar-refractivity contribution < 1.29 is 19.5 Å². The van der Waals surface area contributed by atoms with Crippen LogP contribution in [0.3, 0.4) is 0 Å². The van der Waals surface area contributed by atoms with E-state index >= 15 is 0 Å². The molecule has 1 heterocycles. The number of rotatable bonds is 9. The number of nitrogens with one attached hydrogen (secondary N) is 1. The van der Waals surface area contributed by atoms with Gasteiger partial charge in [-0.25, -0.2) is 4.79 Å². The predicted octanol–water partition coefficient (Wildman–Crippen LogP) is 5.23. The first-order valence-electron chi connectivity index (χ1n) is 10.9. The minimum absolute atomic E-state index is 0.114. The van der Waals surface area contributed by atoms with Crippen molar-refractivity contribution in [1.82, 2.24) is 9.88 Å². The van der Waals surface area contributed by atoms with Crippen LogP contribution in [0.5, 0.6) is 0 Å². The number of carboxylic acids is 1. The SMILES string of the molecule is Cc1ccc(C(=O)c2cc(Cl)cn2C/C=C/c2cccc(C(=O)N[C@H](C(=O)O)C(C)C)c2)cc1. The smallest absolute Gasteiger partial charge is 0.326 e. The van der Waals surface area contributed by atoms with Gasteiger partial charge in [-0.2, -0.15) is 0 Å². The van der Waals surface area contributed by atoms with Crippen molar-refractivity contribution in [3.63, 3.8) is 0 Å². The Kier molecular flexibility index (Phi) is 8.08. The Morgan fingerprint density at radius 2 is 1.76 bits per heavy atom. The molecule has 0 aliphatic rings. The summed E-state index contributed by atoms with van der Waals surface area (Å²) in [5, 5.41) is 12.3. The highest BCUT2D eigenvalue weighted by molar-refractivity contribution is 6.31. The van der Waals surface area contributed by atoms with Gasteiger partial charge in [-0.1, -0.05) is 79.6 Å². The van der Waals surface area contributed by atoms with E-state index < -0.39 is 17.9 Å². The van der Waals surface area contributed by atoms with Crippen molar-refractivity contribution in [2.45, 2.75) is 33.4 Å². The summed E-state index contributed by atoms with van der Waals surface area (Å²) in [6.45, 7) is 5.85. The lowest BCUT2D eigenvalue weighted by Crippen LogP contribution is -2.44. The average molecular weight is 479 g/mol. The molecule has 1 amide bonds. The molecule has 176 valence electrons. The maximum absolute atomic E-state index is 12.9. The summed E-state index contributed by atoms with van der Waals surface area (Å²) in [5.74, 6) is -1.87. The number of halogens is 1. The zero-order chi connectivity index (χ0) is 24.8. The van der Waals surface area contributed by atoms with Crippen LogP contribution in [0.25, 0.3) is 6.08 Å². The fourth-order valence-electron chi connectivity index (χ4n) is 3.49. The van der Waals surface area contributed by atoms with Gasteiger partial charge >= 0.3 is 5.97 Å². The summed E-state index contributed by atoms with van der Waals surface area (Å²) in [7, 11) is 0. The topological polar surface area (TPSA) is 88.4 Å². The Morgan fingerprint density at radius 3 is 2.41 bits per heavy atom. The zero-order valence-corrected chi connectivity index (χ0v) is 20.0. The van der Waals surface area contributed by atoms with Crippen molar-refractivity contribution in [3.05, 3.63) is 99.8 Å². The Morgan fingerprint density at radius 1 is 1.06 bits per heavy atom. The van der Waals surface area contributed by atoms with Crippen LogP contribution in [0.1, 0.15) is 51.4 Å². The normalized spacial score (nSPS) is 12.1. The van der Waals surface area contributed by atoms with Gasteiger partial charge in [0.05, 0.1) is 10.7 Å². The molecule has 1 aromatic heterocycles. The van der Waals surface area contributed by atoms with Gasteiger partial charge < -0.3 is 15.0 Å². The summed E-state index contributed by atoms with van der Waals surface area (Å²) in [5.41, 5.74) is 3.29. The molecular formula is C27H27ClN2O4. The standard InChI is InChI=1S/C27H27ClN2O4/c1-17(2)24(27(33)34)29-26(32)21-8-4-6-19(14-21)7-5-13-30-16-22(28)15-23(30)25(31)20-11-9-18(3)10-12-20/h4-12,14-17,24H,13H2,1-3H3,(H,29,32)(H,33,34)/b7-5+/t24-/m0/s1. The molecule has 0 spiro atoms. The Bertz CT molecular complexity index is 1230. The maximum Gasteiger partial charge on any atom is 0.326 e. The van der Waals surface area contributed by atoms with Crippen LogP contribution in [0.15, 0.2) is 66.9 Å². The van der Waals surface area contributed by atoms with Gasteiger partial charge in [0.25, 0.3) is 5.91 Å². The highest BCUT2D eigenvalue weighted by Crippen LogP contribution is 2.19. The maximum atomic E-state index is 12.9. The van der Waals surface area contributed by atoms with E-state index in [0.29, 0.717) is 28.4 Å². The van der Waals surface area contributed by atoms with Gasteiger partial charge in [-0.3, -0.25) is 9.59 Å². The van der Waals surface area contributed by atoms with Crippen LogP contribution < -0.4 is 5.32 Å². The first-order chi connectivity index (χ1) is 16.2. The van der Waals surface area contributed by atoms with Crippen LogP contribution in [0.2, 0.25) is 5.02 Å². The lowest BCUT2D eigenvalue weighted by atomic mass is 10.0. The predicted molar refractivity (Wildman–Crippen MR) is 133 cm³/mol. The number of aliphatic carboxylic acids is 1. The zero-order valence-electron chi connectivity index (χ0n) is 19.3. The molecule has 0 radical (unpaired) electrons. The molecule has 3 rings (SSSR count). The van der Waals surface area contributed by atoms with Crippen molar-refractivity contribution in [2.75, 3.05) is 0 Å². The second-order valence-corrected chi connectivity index (χ2v) is 8.89. The number of hydrogen-bond acceptors (Lipinski definition) is 3. The molecule has 6 nitrogen and oxygen atoms in total. The second-order valence-electron chi connectivity index (χ2n) is 8.45. The van der Waals surface area contributed by atoms with Crippen molar-refractivity contribution in [3.8, 4) is 0 Å². The van der Waals surface area contributed by atoms with Gasteiger partial charge in [-0.05, 0) is 36.6 Å². The van der Waals surface area contributed by atoms with Gasteiger partial charge in [0, 0.05) is 23.9 Å². The van der Waals surface area contributed by atoms with Crippen LogP contribution >= 0.6 is 11.6 Å². The molecule has 1 atom stereocenters. The summed E-state index contributed by atoms with van der Waals surface area (Å²) in [6.07, 6.45) is 5.41. The molecule has 0 aliphatic heterocycles. The molecular weight excluding hydrogens is 452 g/mol. The molecule has 34 heavy (non-hydrogen) atoms. The summed E-state index contributed by atoms with van der Waals surface area (Å²) in [4.78, 5) is 36.8. The molecule has 3 aromatic rings. The summed E-state index contributed by atoms with van der Waals surface area (Å²) in [6, 6.07) is 15.0. The largest absolute Gasteiger partial charge is 0.480 e. The van der Waals surface area contributed by atoms with Crippen LogP contribution in [0.4, 0.5) is 0 Å². The molecule has 0 fully saturated rings. The molecule has 2 N–H and O–H groups in total. The van der Waals surface area contributed by atoms with E-state index in [-0.39, 0.29) is 11.7 Å². The molecule has 0 aliphatic carbocycles. The third kappa shape index (κ3) is 6.23. The highest BCUT2D eigenvalue weighted by Gasteiger charge is 2.24. The van der Waals surface area contributed by atoms with Crippen molar-refractivity contribution in [2.24, 2.45) is 5.92 Å². The van der Waals surface area contributed by atoms with E-state index in [1.165, 1.54) is 0 Å². The minimum Gasteiger partial charge on any atom is -0.480 e. The first kappa shape index (κ1) is 25.0. The van der Waals surface area contributed by atoms with Gasteiger partial charge in [0.2, 0.25) is 5.78 Å². The van der Waals surface area contributed by atoms with Crippen molar-refractivity contribution >= 4 is 35.3 Å². The Hall–Kier alpha value is -3.64. The van der Waals surface area contributed by atoms with Crippen LogP contribution in [-0.2, 0) is 11.3 Å². The van der Waals surface area contributed by atoms with Crippen molar-refractivity contribution in [1.29, 1.82) is 0 Å². The van der Waals surface area contributed by atoms with Gasteiger partial charge in [-0.15, -0.1) is 0 Å². The molecule has 0 unspecified atom stereocenters. The Labute approximate surface area is 203 Å². The quantitative estimate of drug-likeness (QED) is 0.412. The van der Waals surface area contributed by atoms with Crippen LogP contribution in [0, 0.1) is 12.8 Å². The molecule has 7 heteroatoms. The lowest BCUT2D eigenvalue weighted by Gasteiger charge is -2.18. The van der Waals surface area contributed by atoms with E-state index in [9.17, 15) is 19.5 Å². The number of hydrogen-bond donors (Lipinski definition) is 2. The van der Waals surface area contributed by atoms with E-state index in [4.69, 9.17) is 11.6 Å². The van der Waals surface area contributed by atoms with E-state index in [1.54, 1.807) is 61.0 Å². The van der Waals surface area contributed by atoms with Crippen LogP contribution in [-0.4, -0.2) is 33.4 Å². The highest BCUT2D eigenvalue weighted by atomic mass is 35.5. The number of carboxylic acid groups (broad SMARTS) is 1. The number of allylic oxidation sites excluding steroid dienone is 1. The molecule has 0 saturated carbocycles. The number of carbonyl (C=O) groups excluding carboxylic acids is 2. The Balaban J connectivity index is 1.73. The fourth-order valence-corrected chi connectivity index (χ4v) is 3.71. The molecule has 0 bridgehead atoms.